The zero-order chi connectivity index (χ0) is 12.8. The van der Waals surface area contributed by atoms with Crippen LogP contribution in [-0.2, 0) is 4.79 Å². The Bertz CT molecular complexity index is 417. The number of carboxylic acids is 1. The maximum Gasteiger partial charge on any atom is 0.340 e. The van der Waals surface area contributed by atoms with Crippen LogP contribution in [0.4, 0.5) is 5.00 Å². The van der Waals surface area contributed by atoms with Gasteiger partial charge in [-0.25, -0.2) is 4.79 Å². The summed E-state index contributed by atoms with van der Waals surface area (Å²) in [6, 6.07) is 0. The minimum Gasteiger partial charge on any atom is -0.478 e. The number of carbonyl (C=O) groups excluding carboxylic acids is 1. The minimum absolute atomic E-state index is 0.0715. The average Bonchev–Trinajstić information content (AvgIpc) is 2.60. The van der Waals surface area contributed by atoms with E-state index in [2.05, 4.69) is 9.69 Å². The molecule has 1 amide bonds. The van der Waals surface area contributed by atoms with E-state index >= 15 is 0 Å². The van der Waals surface area contributed by atoms with Gasteiger partial charge >= 0.3 is 5.97 Å². The van der Waals surface area contributed by atoms with Crippen LogP contribution in [0.15, 0.2) is 0 Å². The second-order valence-electron chi connectivity index (χ2n) is 3.57. The fourth-order valence-electron chi connectivity index (χ4n) is 1.33. The Morgan fingerprint density at radius 2 is 2.18 bits per heavy atom. The van der Waals surface area contributed by atoms with E-state index < -0.39 is 5.97 Å². The highest BCUT2D eigenvalue weighted by Gasteiger charge is 2.18. The van der Waals surface area contributed by atoms with Crippen molar-refractivity contribution in [1.29, 1.82) is 0 Å². The van der Waals surface area contributed by atoms with Crippen LogP contribution in [-0.4, -0.2) is 27.9 Å². The molecular weight excluding hydrogens is 242 g/mol. The molecule has 0 atom stereocenters. The molecule has 94 valence electrons. The first-order valence-electron chi connectivity index (χ1n) is 5.25. The number of aromatic carboxylic acids is 1. The molecule has 0 spiro atoms. The summed E-state index contributed by atoms with van der Waals surface area (Å²) in [6.45, 7) is 2.15. The van der Waals surface area contributed by atoms with Crippen LogP contribution < -0.4 is 11.1 Å². The van der Waals surface area contributed by atoms with Gasteiger partial charge in [0.15, 0.2) is 0 Å². The molecule has 0 bridgehead atoms. The summed E-state index contributed by atoms with van der Waals surface area (Å²) >= 11 is 0.985. The largest absolute Gasteiger partial charge is 0.478 e. The molecule has 0 radical (unpaired) electrons. The molecule has 0 aromatic carbocycles. The summed E-state index contributed by atoms with van der Waals surface area (Å²) in [6.07, 6.45) is 1.82. The third-order valence-electron chi connectivity index (χ3n) is 2.19. The van der Waals surface area contributed by atoms with Crippen LogP contribution in [0, 0.1) is 6.92 Å². The summed E-state index contributed by atoms with van der Waals surface area (Å²) in [4.78, 5) is 22.4. The summed E-state index contributed by atoms with van der Waals surface area (Å²) in [5.41, 5.74) is 5.81. The lowest BCUT2D eigenvalue weighted by atomic mass is 10.2. The number of amides is 1. The lowest BCUT2D eigenvalue weighted by Crippen LogP contribution is -2.13. The smallest absolute Gasteiger partial charge is 0.340 e. The molecule has 7 heteroatoms. The highest BCUT2D eigenvalue weighted by molar-refractivity contribution is 7.11. The van der Waals surface area contributed by atoms with Gasteiger partial charge in [-0.3, -0.25) is 4.79 Å². The van der Waals surface area contributed by atoms with Crippen molar-refractivity contribution in [2.24, 2.45) is 5.73 Å². The van der Waals surface area contributed by atoms with Gasteiger partial charge in [-0.1, -0.05) is 0 Å². The minimum atomic E-state index is -1.08. The number of anilines is 1. The maximum atomic E-state index is 11.5. The van der Waals surface area contributed by atoms with E-state index in [1.54, 1.807) is 6.92 Å². The summed E-state index contributed by atoms with van der Waals surface area (Å²) in [5, 5.41) is 11.8. The Kier molecular flexibility index (Phi) is 5.05. The van der Waals surface area contributed by atoms with E-state index in [1.165, 1.54) is 0 Å². The number of hydrogen-bond donors (Lipinski definition) is 3. The Balaban J connectivity index is 2.62. The summed E-state index contributed by atoms with van der Waals surface area (Å²) < 4.78 is 3.91. The number of nitrogens with two attached hydrogens (primary N) is 1. The zero-order valence-electron chi connectivity index (χ0n) is 9.52. The Hall–Kier alpha value is -1.47. The van der Waals surface area contributed by atoms with Gasteiger partial charge in [0.05, 0.1) is 5.69 Å². The van der Waals surface area contributed by atoms with Crippen LogP contribution >= 0.6 is 11.5 Å². The van der Waals surface area contributed by atoms with Gasteiger partial charge in [0.2, 0.25) is 5.91 Å². The highest BCUT2D eigenvalue weighted by Crippen LogP contribution is 2.24. The summed E-state index contributed by atoms with van der Waals surface area (Å²) in [5.74, 6) is -1.28. The molecule has 0 unspecified atom stereocenters. The number of unbranched alkanes of at least 4 members (excludes halogenated alkanes) is 1. The number of hydrogen-bond acceptors (Lipinski definition) is 5. The van der Waals surface area contributed by atoms with Crippen molar-refractivity contribution in [1.82, 2.24) is 4.37 Å². The standard InChI is InChI=1S/C10H15N3O3S/c1-6-8(10(15)16)9(17-13-6)12-7(14)4-2-3-5-11/h2-5,11H2,1H3,(H,12,14)(H,15,16). The van der Waals surface area contributed by atoms with Crippen molar-refractivity contribution in [2.75, 3.05) is 11.9 Å². The van der Waals surface area contributed by atoms with Crippen molar-refractivity contribution in [2.45, 2.75) is 26.2 Å². The van der Waals surface area contributed by atoms with Crippen LogP contribution in [0.2, 0.25) is 0 Å². The Morgan fingerprint density at radius 3 is 2.76 bits per heavy atom. The number of rotatable bonds is 6. The van der Waals surface area contributed by atoms with Gasteiger partial charge in [-0.2, -0.15) is 4.37 Å². The lowest BCUT2D eigenvalue weighted by molar-refractivity contribution is -0.116. The quantitative estimate of drug-likeness (QED) is 0.664. The predicted molar refractivity (Wildman–Crippen MR) is 65.3 cm³/mol. The number of nitrogens with one attached hydrogen (secondary N) is 1. The van der Waals surface area contributed by atoms with Gasteiger partial charge in [-0.15, -0.1) is 0 Å². The van der Waals surface area contributed by atoms with E-state index in [1.807, 2.05) is 0 Å². The number of carboxylic acid groups (broad SMARTS) is 1. The molecular formula is C10H15N3O3S. The molecule has 1 aromatic heterocycles. The molecule has 0 aliphatic rings. The Morgan fingerprint density at radius 1 is 1.47 bits per heavy atom. The van der Waals surface area contributed by atoms with E-state index in [0.29, 0.717) is 30.1 Å². The van der Waals surface area contributed by atoms with Crippen molar-refractivity contribution < 1.29 is 14.7 Å². The van der Waals surface area contributed by atoms with Gasteiger partial charge < -0.3 is 16.2 Å². The number of nitrogens with zero attached hydrogens (tertiary/aromatic N) is 1. The van der Waals surface area contributed by atoms with Crippen molar-refractivity contribution in [3.05, 3.63) is 11.3 Å². The van der Waals surface area contributed by atoms with E-state index in [-0.39, 0.29) is 11.5 Å². The van der Waals surface area contributed by atoms with E-state index in [0.717, 1.165) is 18.0 Å². The first kappa shape index (κ1) is 13.6. The van der Waals surface area contributed by atoms with E-state index in [4.69, 9.17) is 10.8 Å². The van der Waals surface area contributed by atoms with Crippen LogP contribution in [0.25, 0.3) is 0 Å². The Labute approximate surface area is 103 Å². The molecule has 0 fully saturated rings. The van der Waals surface area contributed by atoms with Crippen LogP contribution in [0.5, 0.6) is 0 Å². The molecule has 0 saturated carbocycles. The zero-order valence-corrected chi connectivity index (χ0v) is 10.3. The molecule has 1 rings (SSSR count). The van der Waals surface area contributed by atoms with Crippen LogP contribution in [0.1, 0.15) is 35.3 Å². The maximum absolute atomic E-state index is 11.5. The number of aryl methyl sites for hydroxylation is 1. The molecule has 0 aliphatic heterocycles. The third-order valence-corrected chi connectivity index (χ3v) is 3.04. The highest BCUT2D eigenvalue weighted by atomic mass is 32.1. The first-order valence-corrected chi connectivity index (χ1v) is 6.03. The van der Waals surface area contributed by atoms with Crippen molar-refractivity contribution in [3.63, 3.8) is 0 Å². The van der Waals surface area contributed by atoms with Gasteiger partial charge in [0.25, 0.3) is 0 Å². The molecule has 0 saturated heterocycles. The second-order valence-corrected chi connectivity index (χ2v) is 4.34. The fourth-order valence-corrected chi connectivity index (χ4v) is 2.13. The lowest BCUT2D eigenvalue weighted by Gasteiger charge is -2.03. The molecule has 0 aliphatic carbocycles. The summed E-state index contributed by atoms with van der Waals surface area (Å²) in [7, 11) is 0. The monoisotopic (exact) mass is 257 g/mol. The molecule has 4 N–H and O–H groups in total. The van der Waals surface area contributed by atoms with Crippen LogP contribution in [0.3, 0.4) is 0 Å². The number of aromatic nitrogens is 1. The van der Waals surface area contributed by atoms with Gasteiger partial charge in [-0.05, 0) is 37.8 Å². The number of carbonyl (C=O) groups is 2. The molecule has 17 heavy (non-hydrogen) atoms. The van der Waals surface area contributed by atoms with Crippen molar-refractivity contribution >= 4 is 28.4 Å². The SMILES string of the molecule is Cc1nsc(NC(=O)CCCCN)c1C(=O)O. The molecule has 1 aromatic rings. The fraction of sp³-hybridized carbons (Fsp3) is 0.500. The van der Waals surface area contributed by atoms with E-state index in [9.17, 15) is 9.59 Å². The second kappa shape index (κ2) is 6.31. The first-order chi connectivity index (χ1) is 8.06. The molecule has 1 heterocycles. The van der Waals surface area contributed by atoms with Gasteiger partial charge in [0, 0.05) is 6.42 Å². The third kappa shape index (κ3) is 3.79. The van der Waals surface area contributed by atoms with Crippen molar-refractivity contribution in [3.8, 4) is 0 Å². The van der Waals surface area contributed by atoms with Gasteiger partial charge in [0.1, 0.15) is 10.6 Å². The normalized spacial score (nSPS) is 10.2. The predicted octanol–water partition coefficient (Wildman–Crippen LogP) is 1.22. The topological polar surface area (TPSA) is 105 Å². The molecule has 6 nitrogen and oxygen atoms in total. The average molecular weight is 257 g/mol.